The number of esters is 1. The Hall–Kier alpha value is -1.95. The fraction of sp³-hybridized carbons (Fsp3) is 0.562. The van der Waals surface area contributed by atoms with Crippen molar-refractivity contribution in [2.24, 2.45) is 0 Å². The summed E-state index contributed by atoms with van der Waals surface area (Å²) in [5, 5.41) is 0. The van der Waals surface area contributed by atoms with Crippen molar-refractivity contribution in [3.63, 3.8) is 0 Å². The number of fused-ring (bicyclic) bond motifs is 2. The molecule has 110 valence electrons. The maximum atomic E-state index is 11.0. The molecule has 3 heterocycles. The summed E-state index contributed by atoms with van der Waals surface area (Å²) in [7, 11) is 0. The largest absolute Gasteiger partial charge is 0.460 e. The van der Waals surface area contributed by atoms with E-state index >= 15 is 0 Å². The highest BCUT2D eigenvalue weighted by atomic mass is 16.8. The molecule has 21 heavy (non-hydrogen) atoms. The highest BCUT2D eigenvalue weighted by molar-refractivity contribution is 5.66. The van der Waals surface area contributed by atoms with Crippen LogP contribution >= 0.6 is 0 Å². The van der Waals surface area contributed by atoms with Crippen LogP contribution in [0.2, 0.25) is 0 Å². The third-order valence-electron chi connectivity index (χ3n) is 3.63. The number of allylic oxidation sites excluding steroid dienone is 1. The average Bonchev–Trinajstić information content (AvgIpc) is 3.20. The van der Waals surface area contributed by atoms with Gasteiger partial charge in [0.15, 0.2) is 6.10 Å². The molecule has 3 aliphatic heterocycles. The molecule has 4 atom stereocenters. The molecule has 3 saturated heterocycles. The van der Waals surface area contributed by atoms with E-state index in [9.17, 15) is 4.79 Å². The van der Waals surface area contributed by atoms with Crippen molar-refractivity contribution in [2.75, 3.05) is 6.61 Å². The maximum absolute atomic E-state index is 11.0. The van der Waals surface area contributed by atoms with Crippen LogP contribution < -0.4 is 0 Å². The van der Waals surface area contributed by atoms with Crippen LogP contribution in [-0.2, 0) is 23.7 Å². The van der Waals surface area contributed by atoms with Crippen LogP contribution in [0, 0.1) is 23.7 Å². The lowest BCUT2D eigenvalue weighted by Crippen LogP contribution is -2.46. The van der Waals surface area contributed by atoms with Crippen LogP contribution in [0.1, 0.15) is 26.7 Å². The monoisotopic (exact) mass is 288 g/mol. The summed E-state index contributed by atoms with van der Waals surface area (Å²) < 4.78 is 22.5. The summed E-state index contributed by atoms with van der Waals surface area (Å²) in [5.74, 6) is 10.5. The number of hydrogen-bond donors (Lipinski definition) is 0. The second-order valence-electron chi connectivity index (χ2n) is 5.16. The lowest BCUT2D eigenvalue weighted by molar-refractivity contribution is -0.260. The van der Waals surface area contributed by atoms with Crippen molar-refractivity contribution < 1.29 is 23.7 Å². The van der Waals surface area contributed by atoms with E-state index in [1.54, 1.807) is 13.0 Å². The quantitative estimate of drug-likeness (QED) is 0.411. The molecule has 0 unspecified atom stereocenters. The summed E-state index contributed by atoms with van der Waals surface area (Å²) in [6.07, 6.45) is 2.66. The van der Waals surface area contributed by atoms with Crippen molar-refractivity contribution in [3.8, 4) is 23.7 Å². The summed E-state index contributed by atoms with van der Waals surface area (Å²) in [6, 6.07) is 0. The molecule has 0 aromatic heterocycles. The number of carbonyl (C=O) groups excluding carboxylic acids is 1. The van der Waals surface area contributed by atoms with Crippen LogP contribution in [0.3, 0.4) is 0 Å². The van der Waals surface area contributed by atoms with E-state index in [1.807, 2.05) is 0 Å². The molecular weight excluding hydrogens is 272 g/mol. The van der Waals surface area contributed by atoms with E-state index in [2.05, 4.69) is 23.7 Å². The fourth-order valence-corrected chi connectivity index (χ4v) is 2.68. The third kappa shape index (κ3) is 2.76. The molecule has 3 rings (SSSR count). The zero-order chi connectivity index (χ0) is 14.9. The molecule has 5 heteroatoms. The first-order valence-electron chi connectivity index (χ1n) is 6.92. The van der Waals surface area contributed by atoms with E-state index in [0.717, 1.165) is 0 Å². The van der Waals surface area contributed by atoms with Gasteiger partial charge in [0, 0.05) is 19.4 Å². The van der Waals surface area contributed by atoms with E-state index in [4.69, 9.17) is 18.9 Å². The fourth-order valence-electron chi connectivity index (χ4n) is 2.68. The Morgan fingerprint density at radius 3 is 3.00 bits per heavy atom. The first-order valence-corrected chi connectivity index (χ1v) is 6.92. The molecule has 0 N–H and O–H groups in total. The van der Waals surface area contributed by atoms with E-state index in [-0.39, 0.29) is 24.3 Å². The number of epoxide rings is 1. The van der Waals surface area contributed by atoms with Crippen LogP contribution in [0.4, 0.5) is 0 Å². The van der Waals surface area contributed by atoms with Gasteiger partial charge in [0.25, 0.3) is 0 Å². The van der Waals surface area contributed by atoms with Gasteiger partial charge in [-0.05, 0) is 25.2 Å². The molecule has 1 spiro atoms. The van der Waals surface area contributed by atoms with Crippen molar-refractivity contribution in [1.29, 1.82) is 0 Å². The zero-order valence-electron chi connectivity index (χ0n) is 12.0. The zero-order valence-corrected chi connectivity index (χ0v) is 12.0. The number of hydrogen-bond acceptors (Lipinski definition) is 5. The highest BCUT2D eigenvalue weighted by Crippen LogP contribution is 2.52. The number of ether oxygens (including phenoxy) is 4. The van der Waals surface area contributed by atoms with E-state index < -0.39 is 5.79 Å². The predicted molar refractivity (Wildman–Crippen MR) is 72.5 cm³/mol. The van der Waals surface area contributed by atoms with Gasteiger partial charge >= 0.3 is 5.97 Å². The van der Waals surface area contributed by atoms with Gasteiger partial charge in [0.2, 0.25) is 5.79 Å². The van der Waals surface area contributed by atoms with Crippen molar-refractivity contribution in [3.05, 3.63) is 11.8 Å². The molecular formula is C16H16O5. The molecule has 0 aromatic carbocycles. The second kappa shape index (κ2) is 5.44. The van der Waals surface area contributed by atoms with Gasteiger partial charge in [-0.25, -0.2) is 0 Å². The van der Waals surface area contributed by atoms with Crippen molar-refractivity contribution >= 4 is 5.97 Å². The third-order valence-corrected chi connectivity index (χ3v) is 3.63. The van der Waals surface area contributed by atoms with E-state index in [1.165, 1.54) is 6.92 Å². The summed E-state index contributed by atoms with van der Waals surface area (Å²) in [4.78, 5) is 11.0. The molecule has 0 aliphatic carbocycles. The van der Waals surface area contributed by atoms with Gasteiger partial charge in [0.1, 0.15) is 18.0 Å². The predicted octanol–water partition coefficient (Wildman–Crippen LogP) is 1.13. The molecule has 0 bridgehead atoms. The van der Waals surface area contributed by atoms with E-state index in [0.29, 0.717) is 25.2 Å². The summed E-state index contributed by atoms with van der Waals surface area (Å²) >= 11 is 0. The lowest BCUT2D eigenvalue weighted by atomic mass is 10.0. The Balaban J connectivity index is 1.63. The molecule has 0 amide bonds. The van der Waals surface area contributed by atoms with Gasteiger partial charge in [-0.2, -0.15) is 0 Å². The molecule has 0 aromatic rings. The van der Waals surface area contributed by atoms with Crippen LogP contribution in [0.25, 0.3) is 0 Å². The van der Waals surface area contributed by atoms with Crippen LogP contribution in [0.5, 0.6) is 0 Å². The lowest BCUT2D eigenvalue weighted by Gasteiger charge is -2.36. The molecule has 3 fully saturated rings. The average molecular weight is 288 g/mol. The Morgan fingerprint density at radius 2 is 2.33 bits per heavy atom. The minimum atomic E-state index is -0.745. The summed E-state index contributed by atoms with van der Waals surface area (Å²) in [5.41, 5.74) is 0. The van der Waals surface area contributed by atoms with Crippen LogP contribution in [-0.4, -0.2) is 36.7 Å². The maximum Gasteiger partial charge on any atom is 0.302 e. The van der Waals surface area contributed by atoms with Gasteiger partial charge in [-0.15, -0.1) is 0 Å². The van der Waals surface area contributed by atoms with Crippen LogP contribution in [0.15, 0.2) is 11.8 Å². The Kier molecular flexibility index (Phi) is 3.63. The highest BCUT2D eigenvalue weighted by Gasteiger charge is 2.67. The second-order valence-corrected chi connectivity index (χ2v) is 5.16. The minimum absolute atomic E-state index is 0.0702. The standard InChI is InChI=1S/C16H16O5/c1-3-4-5-6-7-13-14-15(20-14)16(21-13)9-8-12(10-18-16)19-11(2)17/h7,12,14-15H,8-10H2,1-2H3/b13-7+/t12-,14+,15+,16+/m0/s1. The normalized spacial score (nSPS) is 37.6. The van der Waals surface area contributed by atoms with Crippen molar-refractivity contribution in [1.82, 2.24) is 0 Å². The van der Waals surface area contributed by atoms with Gasteiger partial charge in [0.05, 0.1) is 6.61 Å². The molecule has 0 radical (unpaired) electrons. The first kappa shape index (κ1) is 14.0. The van der Waals surface area contributed by atoms with Gasteiger partial charge in [-0.1, -0.05) is 11.8 Å². The van der Waals surface area contributed by atoms with Crippen molar-refractivity contribution in [2.45, 2.75) is 50.8 Å². The number of carbonyl (C=O) groups is 1. The summed E-state index contributed by atoms with van der Waals surface area (Å²) in [6.45, 7) is 3.46. The molecule has 3 aliphatic rings. The minimum Gasteiger partial charge on any atom is -0.460 e. The van der Waals surface area contributed by atoms with Gasteiger partial charge < -0.3 is 18.9 Å². The SMILES string of the molecule is CC#CC#C/C=C1/O[C@]2(CC[C@H](OC(C)=O)CO2)[C@@H]2O[C@H]12. The smallest absolute Gasteiger partial charge is 0.302 e. The Bertz CT molecular complexity index is 590. The Labute approximate surface area is 123 Å². The number of rotatable bonds is 1. The molecule has 0 saturated carbocycles. The Morgan fingerprint density at radius 1 is 1.48 bits per heavy atom. The molecule has 5 nitrogen and oxygen atoms in total. The first-order chi connectivity index (χ1) is 10.1. The topological polar surface area (TPSA) is 57.3 Å². The van der Waals surface area contributed by atoms with Gasteiger partial charge in [-0.3, -0.25) is 4.79 Å².